The average molecular weight is 441 g/mol. The minimum absolute atomic E-state index is 0.0639. The molecule has 3 aromatic rings. The molecule has 1 amide bonds. The first-order valence-corrected chi connectivity index (χ1v) is 11.1. The second-order valence-corrected chi connectivity index (χ2v) is 8.55. The molecule has 0 aliphatic rings. The Morgan fingerprint density at radius 2 is 1.87 bits per heavy atom. The molecule has 1 heterocycles. The molecule has 0 saturated heterocycles. The Morgan fingerprint density at radius 1 is 1.17 bits per heavy atom. The molecule has 5 nitrogen and oxygen atoms in total. The lowest BCUT2D eigenvalue weighted by molar-refractivity contribution is -0.118. The average Bonchev–Trinajstić information content (AvgIpc) is 3.14. The minimum atomic E-state index is -0.0639. The number of aromatic nitrogens is 3. The van der Waals surface area contributed by atoms with Gasteiger partial charge in [-0.15, -0.1) is 16.8 Å². The maximum Gasteiger partial charge on any atom is 0.230 e. The van der Waals surface area contributed by atoms with E-state index in [1.165, 1.54) is 17.3 Å². The van der Waals surface area contributed by atoms with Crippen molar-refractivity contribution in [2.24, 2.45) is 0 Å². The van der Waals surface area contributed by atoms with Crippen molar-refractivity contribution in [2.75, 3.05) is 5.75 Å². The van der Waals surface area contributed by atoms with Gasteiger partial charge in [0, 0.05) is 23.7 Å². The molecule has 0 bridgehead atoms. The first kappa shape index (κ1) is 22.1. The van der Waals surface area contributed by atoms with E-state index in [9.17, 15) is 4.79 Å². The number of rotatable bonds is 9. The van der Waals surface area contributed by atoms with Crippen LogP contribution in [0.15, 0.2) is 66.3 Å². The van der Waals surface area contributed by atoms with Crippen LogP contribution in [0.1, 0.15) is 30.9 Å². The van der Waals surface area contributed by atoms with Gasteiger partial charge in [0.15, 0.2) is 11.0 Å². The van der Waals surface area contributed by atoms with Crippen LogP contribution in [0.4, 0.5) is 0 Å². The smallest absolute Gasteiger partial charge is 0.230 e. The number of nitrogens with one attached hydrogen (secondary N) is 1. The number of amides is 1. The molecule has 30 heavy (non-hydrogen) atoms. The zero-order chi connectivity index (χ0) is 21.5. The Balaban J connectivity index is 1.64. The van der Waals surface area contributed by atoms with Gasteiger partial charge in [0.05, 0.1) is 5.75 Å². The monoisotopic (exact) mass is 440 g/mol. The van der Waals surface area contributed by atoms with E-state index in [1.54, 1.807) is 6.08 Å². The summed E-state index contributed by atoms with van der Waals surface area (Å²) in [5.74, 6) is 1.44. The summed E-state index contributed by atoms with van der Waals surface area (Å²) in [4.78, 5) is 12.3. The summed E-state index contributed by atoms with van der Waals surface area (Å²) >= 11 is 7.25. The second kappa shape index (κ2) is 10.5. The van der Waals surface area contributed by atoms with Crippen molar-refractivity contribution in [3.8, 4) is 11.4 Å². The lowest BCUT2D eigenvalue weighted by atomic mass is 10.0. The molecule has 0 aliphatic heterocycles. The van der Waals surface area contributed by atoms with Crippen molar-refractivity contribution < 1.29 is 4.79 Å². The summed E-state index contributed by atoms with van der Waals surface area (Å²) < 4.78 is 1.98. The quantitative estimate of drug-likeness (QED) is 0.361. The fourth-order valence-corrected chi connectivity index (χ4v) is 3.81. The van der Waals surface area contributed by atoms with Crippen LogP contribution in [-0.4, -0.2) is 26.4 Å². The largest absolute Gasteiger partial charge is 0.351 e. The fourth-order valence-electron chi connectivity index (χ4n) is 2.90. The topological polar surface area (TPSA) is 59.8 Å². The number of thioether (sulfide) groups is 1. The summed E-state index contributed by atoms with van der Waals surface area (Å²) in [6, 6.07) is 15.8. The van der Waals surface area contributed by atoms with Crippen LogP contribution >= 0.6 is 23.4 Å². The van der Waals surface area contributed by atoms with Gasteiger partial charge in [-0.3, -0.25) is 9.36 Å². The predicted molar refractivity (Wildman–Crippen MR) is 124 cm³/mol. The van der Waals surface area contributed by atoms with Crippen LogP contribution in [0.25, 0.3) is 11.4 Å². The molecule has 0 atom stereocenters. The number of halogens is 1. The van der Waals surface area contributed by atoms with Crippen molar-refractivity contribution in [1.82, 2.24) is 20.1 Å². The van der Waals surface area contributed by atoms with E-state index in [0.717, 1.165) is 17.0 Å². The first-order valence-electron chi connectivity index (χ1n) is 9.76. The van der Waals surface area contributed by atoms with Crippen LogP contribution < -0.4 is 5.32 Å². The number of benzene rings is 2. The van der Waals surface area contributed by atoms with E-state index in [1.807, 2.05) is 28.8 Å². The molecule has 7 heteroatoms. The Bertz CT molecular complexity index is 997. The fraction of sp³-hybridized carbons (Fsp3) is 0.261. The highest BCUT2D eigenvalue weighted by Gasteiger charge is 2.15. The summed E-state index contributed by atoms with van der Waals surface area (Å²) in [5, 5.41) is 12.9. The number of carbonyl (C=O) groups excluding carboxylic acids is 1. The number of hydrogen-bond acceptors (Lipinski definition) is 4. The molecule has 0 spiro atoms. The van der Waals surface area contributed by atoms with E-state index >= 15 is 0 Å². The van der Waals surface area contributed by atoms with Gasteiger partial charge in [-0.05, 0) is 29.2 Å². The molecule has 1 N–H and O–H groups in total. The number of hydrogen-bond donors (Lipinski definition) is 1. The number of nitrogens with zero attached hydrogens (tertiary/aromatic N) is 3. The van der Waals surface area contributed by atoms with Gasteiger partial charge in [0.1, 0.15) is 0 Å². The molecule has 2 aromatic carbocycles. The van der Waals surface area contributed by atoms with E-state index in [2.05, 4.69) is 60.2 Å². The SMILES string of the molecule is C=CCn1c(SCC(=O)NCc2ccc(Cl)cc2)nnc1-c1ccc(C(C)C)cc1. The van der Waals surface area contributed by atoms with Gasteiger partial charge >= 0.3 is 0 Å². The molecule has 156 valence electrons. The molecule has 1 aromatic heterocycles. The molecule has 3 rings (SSSR count). The molecule has 0 unspecified atom stereocenters. The van der Waals surface area contributed by atoms with Gasteiger partial charge in [-0.25, -0.2) is 0 Å². The highest BCUT2D eigenvalue weighted by atomic mass is 35.5. The third-order valence-corrected chi connectivity index (χ3v) is 5.82. The van der Waals surface area contributed by atoms with Crippen molar-refractivity contribution in [3.05, 3.63) is 77.3 Å². The summed E-state index contributed by atoms with van der Waals surface area (Å²) in [6.07, 6.45) is 1.81. The molecule has 0 radical (unpaired) electrons. The third kappa shape index (κ3) is 5.74. The van der Waals surface area contributed by atoms with Crippen LogP contribution in [-0.2, 0) is 17.9 Å². The van der Waals surface area contributed by atoms with E-state index in [4.69, 9.17) is 11.6 Å². The predicted octanol–water partition coefficient (Wildman–Crippen LogP) is 5.32. The van der Waals surface area contributed by atoms with E-state index < -0.39 is 0 Å². The lowest BCUT2D eigenvalue weighted by Gasteiger charge is -2.10. The Morgan fingerprint density at radius 3 is 2.50 bits per heavy atom. The normalized spacial score (nSPS) is 10.9. The maximum absolute atomic E-state index is 12.3. The number of allylic oxidation sites excluding steroid dienone is 1. The summed E-state index contributed by atoms with van der Waals surface area (Å²) in [7, 11) is 0. The molecule has 0 fully saturated rings. The number of carbonyl (C=O) groups is 1. The highest BCUT2D eigenvalue weighted by Crippen LogP contribution is 2.25. The van der Waals surface area contributed by atoms with E-state index in [-0.39, 0.29) is 11.7 Å². The summed E-state index contributed by atoms with van der Waals surface area (Å²) in [6.45, 7) is 9.21. The first-order chi connectivity index (χ1) is 14.5. The lowest BCUT2D eigenvalue weighted by Crippen LogP contribution is -2.24. The Labute approximate surface area is 186 Å². The van der Waals surface area contributed by atoms with Crippen LogP contribution in [0, 0.1) is 0 Å². The zero-order valence-corrected chi connectivity index (χ0v) is 18.7. The van der Waals surface area contributed by atoms with Crippen molar-refractivity contribution in [3.63, 3.8) is 0 Å². The van der Waals surface area contributed by atoms with E-state index in [0.29, 0.717) is 29.2 Å². The maximum atomic E-state index is 12.3. The van der Waals surface area contributed by atoms with Gasteiger partial charge in [0.25, 0.3) is 0 Å². The Hall–Kier alpha value is -2.57. The summed E-state index contributed by atoms with van der Waals surface area (Å²) in [5.41, 5.74) is 3.27. The van der Waals surface area contributed by atoms with Crippen LogP contribution in [0.3, 0.4) is 0 Å². The van der Waals surface area contributed by atoms with Crippen molar-refractivity contribution in [1.29, 1.82) is 0 Å². The molecule has 0 aliphatic carbocycles. The molecule has 0 saturated carbocycles. The van der Waals surface area contributed by atoms with Crippen LogP contribution in [0.2, 0.25) is 5.02 Å². The van der Waals surface area contributed by atoms with Crippen LogP contribution in [0.5, 0.6) is 0 Å². The van der Waals surface area contributed by atoms with Crippen molar-refractivity contribution >= 4 is 29.3 Å². The van der Waals surface area contributed by atoms with Gasteiger partial charge in [-0.1, -0.05) is 79.7 Å². The minimum Gasteiger partial charge on any atom is -0.351 e. The highest BCUT2D eigenvalue weighted by molar-refractivity contribution is 7.99. The van der Waals surface area contributed by atoms with Gasteiger partial charge < -0.3 is 5.32 Å². The molecular weight excluding hydrogens is 416 g/mol. The zero-order valence-electron chi connectivity index (χ0n) is 17.1. The standard InChI is InChI=1S/C23H25ClN4OS/c1-4-13-28-22(19-9-7-18(8-10-19)16(2)3)26-27-23(28)30-15-21(29)25-14-17-5-11-20(24)12-6-17/h4-12,16H,1,13-15H2,2-3H3,(H,25,29). The third-order valence-electron chi connectivity index (χ3n) is 4.60. The van der Waals surface area contributed by atoms with Gasteiger partial charge in [-0.2, -0.15) is 0 Å². The van der Waals surface area contributed by atoms with Gasteiger partial charge in [0.2, 0.25) is 5.91 Å². The molecular formula is C23H25ClN4OS. The van der Waals surface area contributed by atoms with Crippen molar-refractivity contribution in [2.45, 2.75) is 38.0 Å². The second-order valence-electron chi connectivity index (χ2n) is 7.17. The Kier molecular flexibility index (Phi) is 7.71.